The molecule has 7 heteroatoms. The van der Waals surface area contributed by atoms with E-state index in [0.29, 0.717) is 6.23 Å². The highest BCUT2D eigenvalue weighted by Gasteiger charge is 2.36. The highest BCUT2D eigenvalue weighted by Crippen LogP contribution is 2.09. The molecule has 0 fully saturated rings. The van der Waals surface area contributed by atoms with E-state index in [4.69, 9.17) is 8.85 Å². The van der Waals surface area contributed by atoms with Crippen LogP contribution in [0, 0.1) is 0 Å². The van der Waals surface area contributed by atoms with Crippen LogP contribution >= 0.6 is 0 Å². The Labute approximate surface area is 95.7 Å². The Hall–Kier alpha value is 0.491. The van der Waals surface area contributed by atoms with Crippen molar-refractivity contribution < 1.29 is 18.4 Å². The third-order valence-electron chi connectivity index (χ3n) is 1.43. The van der Waals surface area contributed by atoms with Crippen molar-refractivity contribution in [2.24, 2.45) is 0 Å². The number of rotatable bonds is 6. The maximum Gasteiger partial charge on any atom is 0.520 e. The molecule has 0 aromatic rings. The van der Waals surface area contributed by atoms with E-state index in [1.165, 1.54) is 0 Å². The summed E-state index contributed by atoms with van der Waals surface area (Å²) in [6.45, 7) is 12.4. The summed E-state index contributed by atoms with van der Waals surface area (Å²) < 4.78 is 10.6. The molecule has 0 bridgehead atoms. The minimum atomic E-state index is -3.58. The molecule has 92 valence electrons. The molecule has 0 aromatic heterocycles. The summed E-state index contributed by atoms with van der Waals surface area (Å²) in [6, 6.07) is 0. The minimum absolute atomic E-state index is 0.0345. The van der Waals surface area contributed by atoms with Gasteiger partial charge in [0, 0.05) is 6.23 Å². The molecule has 15 heavy (non-hydrogen) atoms. The molecular weight excluding hydrogens is 244 g/mol. The zero-order chi connectivity index (χ0) is 12.3. The monoisotopic (exact) mass is 268 g/mol. The normalized spacial score (nSPS) is 14.4. The molecule has 0 saturated carbocycles. The zero-order valence-electron chi connectivity index (χ0n) is 10.6. The van der Waals surface area contributed by atoms with Gasteiger partial charge in [0.25, 0.3) is 0 Å². The highest BCUT2D eigenvalue weighted by atomic mass is 28.4. The summed E-state index contributed by atoms with van der Waals surface area (Å²) in [6.07, 6.45) is 0.439. The van der Waals surface area contributed by atoms with Gasteiger partial charge in [0.15, 0.2) is 8.32 Å². The Morgan fingerprint density at radius 1 is 0.800 bits per heavy atom. The molecule has 0 heterocycles. The molecule has 4 nitrogen and oxygen atoms in total. The maximum atomic E-state index is 9.63. The van der Waals surface area contributed by atoms with Crippen LogP contribution in [0.5, 0.6) is 0 Å². The number of hydrogen-bond acceptors (Lipinski definition) is 4. The fraction of sp³-hybridized carbons (Fsp3) is 1.00. The Kier molecular flexibility index (Phi) is 5.38. The lowest BCUT2D eigenvalue weighted by Crippen LogP contribution is -2.50. The molecule has 0 aromatic carbocycles. The molecule has 0 radical (unpaired) electrons. The van der Waals surface area contributed by atoms with Gasteiger partial charge in [-0.1, -0.05) is 19.6 Å². The van der Waals surface area contributed by atoms with Gasteiger partial charge in [0.05, 0.1) is 8.07 Å². The first-order valence-corrected chi connectivity index (χ1v) is 14.3. The van der Waals surface area contributed by atoms with Crippen molar-refractivity contribution in [1.82, 2.24) is 0 Å². The van der Waals surface area contributed by atoms with Gasteiger partial charge in [-0.05, 0) is 19.6 Å². The van der Waals surface area contributed by atoms with Crippen molar-refractivity contribution in [2.75, 3.05) is 12.5 Å². The van der Waals surface area contributed by atoms with E-state index in [2.05, 4.69) is 19.6 Å². The van der Waals surface area contributed by atoms with Crippen molar-refractivity contribution in [3.05, 3.63) is 0 Å². The van der Waals surface area contributed by atoms with Gasteiger partial charge in [0.2, 0.25) is 0 Å². The number of hydrogen-bond donors (Lipinski definition) is 2. The second kappa shape index (κ2) is 5.21. The summed E-state index contributed by atoms with van der Waals surface area (Å²) in [4.78, 5) is 19.3. The van der Waals surface area contributed by atoms with E-state index >= 15 is 0 Å². The van der Waals surface area contributed by atoms with Gasteiger partial charge >= 0.3 is 8.80 Å². The molecule has 0 atom stereocenters. The Balaban J connectivity index is 3.98. The average molecular weight is 269 g/mol. The molecule has 2 N–H and O–H groups in total. The summed E-state index contributed by atoms with van der Waals surface area (Å²) in [5.41, 5.74) is 0. The van der Waals surface area contributed by atoms with Gasteiger partial charge in [-0.15, -0.1) is 0 Å². The van der Waals surface area contributed by atoms with Gasteiger partial charge < -0.3 is 18.4 Å². The van der Waals surface area contributed by atoms with Gasteiger partial charge in [-0.2, -0.15) is 0 Å². The van der Waals surface area contributed by atoms with Crippen LogP contribution in [0.2, 0.25) is 39.3 Å². The topological polar surface area (TPSA) is 58.9 Å². The molecule has 0 unspecified atom stereocenters. The lowest BCUT2D eigenvalue weighted by molar-refractivity contribution is 0.139. The Morgan fingerprint density at radius 3 is 1.60 bits per heavy atom. The van der Waals surface area contributed by atoms with Crippen LogP contribution in [-0.4, -0.2) is 47.2 Å². The first-order valence-electron chi connectivity index (χ1n) is 5.14. The quantitative estimate of drug-likeness (QED) is 0.711. The first kappa shape index (κ1) is 15.5. The third-order valence-corrected chi connectivity index (χ3v) is 5.15. The van der Waals surface area contributed by atoms with E-state index in [0.717, 1.165) is 0 Å². The van der Waals surface area contributed by atoms with Crippen molar-refractivity contribution >= 4 is 25.2 Å². The van der Waals surface area contributed by atoms with Gasteiger partial charge in [-0.3, -0.25) is 0 Å². The summed E-state index contributed by atoms with van der Waals surface area (Å²) >= 11 is 0. The van der Waals surface area contributed by atoms with E-state index in [9.17, 15) is 9.59 Å². The summed E-state index contributed by atoms with van der Waals surface area (Å²) in [7, 11) is -6.67. The fourth-order valence-electron chi connectivity index (χ4n) is 0.684. The molecular formula is C8H24O4Si3. The van der Waals surface area contributed by atoms with E-state index in [1.54, 1.807) is 0 Å². The van der Waals surface area contributed by atoms with Crippen LogP contribution in [0.4, 0.5) is 0 Å². The van der Waals surface area contributed by atoms with Crippen LogP contribution < -0.4 is 0 Å². The molecule has 0 spiro atoms. The van der Waals surface area contributed by atoms with Gasteiger partial charge in [0.1, 0.15) is 6.23 Å². The van der Waals surface area contributed by atoms with Crippen molar-refractivity contribution in [3.8, 4) is 0 Å². The van der Waals surface area contributed by atoms with Crippen molar-refractivity contribution in [1.29, 1.82) is 0 Å². The van der Waals surface area contributed by atoms with Crippen LogP contribution in [0.1, 0.15) is 0 Å². The fourth-order valence-corrected chi connectivity index (χ4v) is 5.91. The summed E-state index contributed by atoms with van der Waals surface area (Å²) in [5, 5.41) is 0. The predicted octanol–water partition coefficient (Wildman–Crippen LogP) is 1.19. The lowest BCUT2D eigenvalue weighted by atomic mass is 11.7. The predicted molar refractivity (Wildman–Crippen MR) is 68.8 cm³/mol. The van der Waals surface area contributed by atoms with Crippen molar-refractivity contribution in [3.63, 3.8) is 0 Å². The molecule has 0 rings (SSSR count). The second-order valence-electron chi connectivity index (χ2n) is 5.99. The maximum absolute atomic E-state index is 9.63. The molecule has 0 amide bonds. The lowest BCUT2D eigenvalue weighted by Gasteiger charge is -2.26. The van der Waals surface area contributed by atoms with Gasteiger partial charge in [-0.25, -0.2) is 0 Å². The minimum Gasteiger partial charge on any atom is -0.413 e. The van der Waals surface area contributed by atoms with E-state index < -0.39 is 25.2 Å². The second-order valence-corrected chi connectivity index (χ2v) is 18.0. The molecule has 0 aliphatic carbocycles. The van der Waals surface area contributed by atoms with E-state index in [-0.39, 0.29) is 6.23 Å². The standard InChI is InChI=1S/C8H24O4Si3/c1-13(2,3)7-12-15(9,10)8-11-14(4,5)6/h9-10H,7-8H2,1-6H3. The molecule has 0 aliphatic heterocycles. The molecule has 0 aliphatic rings. The zero-order valence-corrected chi connectivity index (χ0v) is 13.6. The Bertz CT molecular complexity index is 175. The smallest absolute Gasteiger partial charge is 0.413 e. The first-order chi connectivity index (χ1) is 6.41. The largest absolute Gasteiger partial charge is 0.520 e. The average Bonchev–Trinajstić information content (AvgIpc) is 1.96. The molecule has 0 saturated heterocycles. The van der Waals surface area contributed by atoms with Crippen LogP contribution in [0.25, 0.3) is 0 Å². The SMILES string of the molecule is C[Si](C)(C)CO[Si](O)(O)CO[Si](C)(C)C. The Morgan fingerprint density at radius 2 is 1.27 bits per heavy atom. The van der Waals surface area contributed by atoms with Crippen LogP contribution in [-0.2, 0) is 8.85 Å². The van der Waals surface area contributed by atoms with Crippen LogP contribution in [0.15, 0.2) is 0 Å². The van der Waals surface area contributed by atoms with Crippen LogP contribution in [0.3, 0.4) is 0 Å². The summed E-state index contributed by atoms with van der Waals surface area (Å²) in [5.74, 6) is 0. The highest BCUT2D eigenvalue weighted by molar-refractivity contribution is 6.77. The van der Waals surface area contributed by atoms with E-state index in [1.807, 2.05) is 19.6 Å². The van der Waals surface area contributed by atoms with Crippen molar-refractivity contribution in [2.45, 2.75) is 39.3 Å². The third kappa shape index (κ3) is 10.8.